The van der Waals surface area contributed by atoms with E-state index >= 15 is 0 Å². The fourth-order valence-corrected chi connectivity index (χ4v) is 5.78. The fourth-order valence-electron chi connectivity index (χ4n) is 3.21. The summed E-state index contributed by atoms with van der Waals surface area (Å²) in [5.41, 5.74) is -0.0785. The van der Waals surface area contributed by atoms with Gasteiger partial charge in [0.2, 0.25) is 0 Å². The van der Waals surface area contributed by atoms with Crippen LogP contribution >= 0.6 is 0 Å². The van der Waals surface area contributed by atoms with Gasteiger partial charge < -0.3 is 4.79 Å². The maximum absolute atomic E-state index is 13.1. The van der Waals surface area contributed by atoms with E-state index in [1.165, 1.54) is 18.2 Å². The number of hydrogen-bond acceptors (Lipinski definition) is 4. The molecule has 1 N–H and O–H groups in total. The summed E-state index contributed by atoms with van der Waals surface area (Å²) < 4.78 is 66.5. The van der Waals surface area contributed by atoms with E-state index in [4.69, 9.17) is 0 Å². The van der Waals surface area contributed by atoms with Gasteiger partial charge in [-0.25, -0.2) is 13.1 Å². The van der Waals surface area contributed by atoms with E-state index in [1.54, 1.807) is 19.1 Å². The topological polar surface area (TPSA) is 80.3 Å². The molecule has 36 heavy (non-hydrogen) atoms. The second kappa shape index (κ2) is 10.7. The summed E-state index contributed by atoms with van der Waals surface area (Å²) in [6, 6.07) is 9.74. The van der Waals surface area contributed by atoms with E-state index < -0.39 is 35.7 Å². The molecule has 2 aromatic carbocycles. The maximum atomic E-state index is 13.1. The molecule has 2 aromatic rings. The zero-order valence-electron chi connectivity index (χ0n) is 21.3. The number of allylic oxidation sites excluding steroid dienone is 1. The monoisotopic (exact) mass is 539 g/mol. The van der Waals surface area contributed by atoms with Crippen LogP contribution in [0.15, 0.2) is 59.5 Å². The molecule has 2 rings (SSSR count). The Morgan fingerprint density at radius 3 is 1.94 bits per heavy atom. The van der Waals surface area contributed by atoms with Gasteiger partial charge in [-0.15, -0.1) is 0 Å². The number of carbonyl (C=O) groups excluding carboxylic acids is 2. The number of benzene rings is 2. The first-order valence-electron chi connectivity index (χ1n) is 11.4. The van der Waals surface area contributed by atoms with Crippen LogP contribution in [-0.4, -0.2) is 27.8 Å². The van der Waals surface area contributed by atoms with Crippen molar-refractivity contribution in [3.63, 3.8) is 0 Å². The predicted molar refractivity (Wildman–Crippen MR) is 137 cm³/mol. The molecule has 196 valence electrons. The summed E-state index contributed by atoms with van der Waals surface area (Å²) in [7, 11) is -6.52. The smallest absolute Gasteiger partial charge is 0.305 e. The van der Waals surface area contributed by atoms with Crippen LogP contribution in [0.5, 0.6) is 0 Å². The lowest BCUT2D eigenvalue weighted by molar-refractivity contribution is -0.137. The summed E-state index contributed by atoms with van der Waals surface area (Å²) >= 11 is 0. The first kappa shape index (κ1) is 29.5. The zero-order valence-corrected chi connectivity index (χ0v) is 23.1. The minimum Gasteiger partial charge on any atom is -0.305 e. The molecule has 0 aliphatic carbocycles. The van der Waals surface area contributed by atoms with Crippen molar-refractivity contribution in [2.75, 3.05) is 0 Å². The Hall–Kier alpha value is -2.72. The standard InChI is InChI=1S/C26H32F3NO4SSi/c1-18-10-16-21(17-11-18)35(33,34)30-24(32)22(19-12-14-20(15-13-19)26(27,28)29)8-7-9-23(31)36(5,6)25(2,3)4/h8,10-17H,7,9H2,1-6H3,(H,30,32)/b22-8+. The molecule has 0 aromatic heterocycles. The zero-order chi connectivity index (χ0) is 27.5. The first-order valence-corrected chi connectivity index (χ1v) is 15.9. The molecule has 0 radical (unpaired) electrons. The van der Waals surface area contributed by atoms with Gasteiger partial charge in [0.25, 0.3) is 15.9 Å². The molecule has 0 unspecified atom stereocenters. The van der Waals surface area contributed by atoms with E-state index in [0.29, 0.717) is 0 Å². The highest BCUT2D eigenvalue weighted by molar-refractivity contribution is 7.90. The molecular weight excluding hydrogens is 507 g/mol. The molecule has 0 aliphatic heterocycles. The molecule has 1 amide bonds. The summed E-state index contributed by atoms with van der Waals surface area (Å²) in [5, 5.41) is -0.0884. The fraction of sp³-hybridized carbons (Fsp3) is 0.385. The third kappa shape index (κ3) is 7.16. The number of halogens is 3. The molecule has 0 aliphatic rings. The summed E-state index contributed by atoms with van der Waals surface area (Å²) in [5.74, 6) is -0.991. The third-order valence-electron chi connectivity index (χ3n) is 6.62. The van der Waals surface area contributed by atoms with Crippen molar-refractivity contribution >= 4 is 35.0 Å². The number of amides is 1. The second-order valence-electron chi connectivity index (χ2n) is 10.3. The van der Waals surface area contributed by atoms with Crippen molar-refractivity contribution in [3.8, 4) is 0 Å². The van der Waals surface area contributed by atoms with E-state index in [-0.39, 0.29) is 39.3 Å². The number of aryl methyl sites for hydroxylation is 1. The molecule has 0 heterocycles. The van der Waals surface area contributed by atoms with Crippen LogP contribution in [-0.2, 0) is 25.8 Å². The van der Waals surface area contributed by atoms with Gasteiger partial charge in [-0.1, -0.05) is 69.8 Å². The Kier molecular flexibility index (Phi) is 8.78. The van der Waals surface area contributed by atoms with Gasteiger partial charge in [0.05, 0.1) is 10.5 Å². The third-order valence-corrected chi connectivity index (χ3v) is 13.4. The molecule has 5 nitrogen and oxygen atoms in total. The van der Waals surface area contributed by atoms with Crippen molar-refractivity contribution in [1.82, 2.24) is 4.72 Å². The van der Waals surface area contributed by atoms with Gasteiger partial charge in [0.15, 0.2) is 0 Å². The molecule has 10 heteroatoms. The van der Waals surface area contributed by atoms with E-state index in [0.717, 1.165) is 29.8 Å². The predicted octanol–water partition coefficient (Wildman–Crippen LogP) is 6.30. The van der Waals surface area contributed by atoms with Crippen molar-refractivity contribution in [1.29, 1.82) is 0 Å². The lowest BCUT2D eigenvalue weighted by Crippen LogP contribution is -2.46. The number of carbonyl (C=O) groups is 2. The largest absolute Gasteiger partial charge is 0.416 e. The minimum atomic E-state index is -4.56. The van der Waals surface area contributed by atoms with Crippen LogP contribution in [0.1, 0.15) is 50.3 Å². The quantitative estimate of drug-likeness (QED) is 0.315. The number of alkyl halides is 3. The number of hydrogen-bond donors (Lipinski definition) is 1. The normalized spacial score (nSPS) is 13.4. The van der Waals surface area contributed by atoms with Gasteiger partial charge >= 0.3 is 6.18 Å². The van der Waals surface area contributed by atoms with Gasteiger partial charge in [0, 0.05) is 12.0 Å². The molecule has 0 saturated carbocycles. The Balaban J connectivity index is 2.38. The Labute approximate surface area is 211 Å². The van der Waals surface area contributed by atoms with Crippen LogP contribution in [0.4, 0.5) is 13.2 Å². The Morgan fingerprint density at radius 2 is 1.47 bits per heavy atom. The van der Waals surface area contributed by atoms with Crippen LogP contribution < -0.4 is 4.72 Å². The SMILES string of the molecule is Cc1ccc(S(=O)(=O)NC(=O)/C(=C/CCC(=O)[Si](C)(C)C(C)(C)C)c2ccc(C(F)(F)F)cc2)cc1. The number of rotatable bonds is 8. The average Bonchev–Trinajstić information content (AvgIpc) is 2.75. The van der Waals surface area contributed by atoms with Gasteiger partial charge in [0.1, 0.15) is 13.5 Å². The minimum absolute atomic E-state index is 0.0886. The lowest BCUT2D eigenvalue weighted by Gasteiger charge is -2.35. The lowest BCUT2D eigenvalue weighted by atomic mass is 10.0. The number of nitrogens with one attached hydrogen (secondary N) is 1. The van der Waals surface area contributed by atoms with Crippen molar-refractivity contribution in [3.05, 3.63) is 71.3 Å². The highest BCUT2D eigenvalue weighted by Crippen LogP contribution is 2.37. The highest BCUT2D eigenvalue weighted by atomic mass is 32.2. The molecule has 0 bridgehead atoms. The number of sulfonamides is 1. The molecule has 0 spiro atoms. The average molecular weight is 540 g/mol. The van der Waals surface area contributed by atoms with E-state index in [1.807, 2.05) is 38.6 Å². The van der Waals surface area contributed by atoms with Crippen molar-refractivity contribution < 1.29 is 31.2 Å². The van der Waals surface area contributed by atoms with Crippen LogP contribution in [0, 0.1) is 6.92 Å². The van der Waals surface area contributed by atoms with Crippen LogP contribution in [0.3, 0.4) is 0 Å². The van der Waals surface area contributed by atoms with Crippen LogP contribution in [0.2, 0.25) is 18.1 Å². The van der Waals surface area contributed by atoms with E-state index in [9.17, 15) is 31.2 Å². The maximum Gasteiger partial charge on any atom is 0.416 e. The Morgan fingerprint density at radius 1 is 0.944 bits per heavy atom. The van der Waals surface area contributed by atoms with Gasteiger partial charge in [-0.2, -0.15) is 13.2 Å². The second-order valence-corrected chi connectivity index (χ2v) is 17.3. The first-order chi connectivity index (χ1) is 16.4. The van der Waals surface area contributed by atoms with Crippen molar-refractivity contribution in [2.45, 2.75) is 69.7 Å². The summed E-state index contributed by atoms with van der Waals surface area (Å²) in [6.45, 7) is 11.7. The van der Waals surface area contributed by atoms with Crippen molar-refractivity contribution in [2.24, 2.45) is 0 Å². The highest BCUT2D eigenvalue weighted by Gasteiger charge is 2.41. The van der Waals surface area contributed by atoms with Gasteiger partial charge in [-0.3, -0.25) is 4.79 Å². The molecule has 0 fully saturated rings. The summed E-state index contributed by atoms with van der Waals surface area (Å²) in [6.07, 6.45) is -2.87. The van der Waals surface area contributed by atoms with Gasteiger partial charge in [-0.05, 0) is 48.2 Å². The Bertz CT molecular complexity index is 1240. The molecular formula is C26H32F3NO4SSi. The van der Waals surface area contributed by atoms with Crippen LogP contribution in [0.25, 0.3) is 5.57 Å². The molecule has 0 saturated heterocycles. The summed E-state index contributed by atoms with van der Waals surface area (Å²) in [4.78, 5) is 25.8. The van der Waals surface area contributed by atoms with E-state index in [2.05, 4.69) is 0 Å². The molecule has 0 atom stereocenters.